The minimum atomic E-state index is -0.573. The van der Waals surface area contributed by atoms with Gasteiger partial charge in [-0.1, -0.05) is 29.4 Å². The predicted octanol–water partition coefficient (Wildman–Crippen LogP) is 4.80. The summed E-state index contributed by atoms with van der Waals surface area (Å²) < 4.78 is 24.4. The third-order valence-corrected chi connectivity index (χ3v) is 4.28. The zero-order valence-corrected chi connectivity index (χ0v) is 15.4. The molecule has 144 valence electrons. The lowest BCUT2D eigenvalue weighted by Crippen LogP contribution is -2.13. The fraction of sp³-hybridized carbons (Fsp3) is 0.0455. The number of amides is 1. The monoisotopic (exact) mass is 389 g/mol. The van der Waals surface area contributed by atoms with Crippen LogP contribution < -0.4 is 10.1 Å². The smallest absolute Gasteiger partial charge is 0.258 e. The lowest BCUT2D eigenvalue weighted by molar-refractivity contribution is 0.102. The summed E-state index contributed by atoms with van der Waals surface area (Å²) in [4.78, 5) is 16.6. The minimum absolute atomic E-state index is 0.0186. The second-order valence-electron chi connectivity index (χ2n) is 6.13. The summed E-state index contributed by atoms with van der Waals surface area (Å²) in [5, 5.41) is 6.68. The normalized spacial score (nSPS) is 10.6. The van der Waals surface area contributed by atoms with Gasteiger partial charge in [-0.15, -0.1) is 0 Å². The number of carbonyl (C=O) groups excluding carboxylic acids is 1. The zero-order chi connectivity index (χ0) is 20.2. The van der Waals surface area contributed by atoms with Crippen LogP contribution in [0.15, 0.2) is 77.3 Å². The van der Waals surface area contributed by atoms with E-state index in [4.69, 9.17) is 9.26 Å². The van der Waals surface area contributed by atoms with Crippen molar-refractivity contribution < 1.29 is 18.4 Å². The van der Waals surface area contributed by atoms with Gasteiger partial charge in [-0.3, -0.25) is 4.79 Å². The number of ether oxygens (including phenoxy) is 1. The Morgan fingerprint density at radius 1 is 1.00 bits per heavy atom. The molecule has 0 aliphatic carbocycles. The molecule has 0 aliphatic heterocycles. The molecule has 0 atom stereocenters. The Balaban J connectivity index is 1.52. The van der Waals surface area contributed by atoms with Gasteiger partial charge in [-0.2, -0.15) is 4.98 Å². The Kier molecular flexibility index (Phi) is 5.03. The van der Waals surface area contributed by atoms with Crippen molar-refractivity contribution in [1.82, 2.24) is 10.1 Å². The van der Waals surface area contributed by atoms with E-state index in [2.05, 4.69) is 15.5 Å². The van der Waals surface area contributed by atoms with Crippen LogP contribution in [0.1, 0.15) is 10.4 Å². The van der Waals surface area contributed by atoms with Crippen molar-refractivity contribution in [1.29, 1.82) is 0 Å². The Bertz CT molecular complexity index is 1160. The molecular weight excluding hydrogens is 373 g/mol. The maximum absolute atomic E-state index is 13.7. The van der Waals surface area contributed by atoms with Gasteiger partial charge >= 0.3 is 0 Å². The highest BCUT2D eigenvalue weighted by Gasteiger charge is 2.15. The molecule has 0 fully saturated rings. The standard InChI is InChI=1S/C22H16FN3O3/c1-28-19-9-5-3-7-17(19)20-25-22(29-26-20)14-10-12-15(13-11-14)24-21(27)16-6-2-4-8-18(16)23/h2-13H,1H3,(H,24,27). The molecule has 0 saturated heterocycles. The first-order valence-corrected chi connectivity index (χ1v) is 8.79. The van der Waals surface area contributed by atoms with Gasteiger partial charge in [0.1, 0.15) is 11.6 Å². The van der Waals surface area contributed by atoms with Crippen molar-refractivity contribution in [3.63, 3.8) is 0 Å². The Morgan fingerprint density at radius 3 is 2.48 bits per heavy atom. The number of rotatable bonds is 5. The third-order valence-electron chi connectivity index (χ3n) is 4.28. The van der Waals surface area contributed by atoms with Crippen LogP contribution in [0.3, 0.4) is 0 Å². The van der Waals surface area contributed by atoms with Gasteiger partial charge in [-0.05, 0) is 48.5 Å². The van der Waals surface area contributed by atoms with E-state index in [-0.39, 0.29) is 5.56 Å². The van der Waals surface area contributed by atoms with Crippen molar-refractivity contribution in [2.75, 3.05) is 12.4 Å². The number of hydrogen-bond donors (Lipinski definition) is 1. The summed E-state index contributed by atoms with van der Waals surface area (Å²) in [5.41, 5.74) is 1.91. The van der Waals surface area contributed by atoms with Crippen LogP contribution in [0.5, 0.6) is 5.75 Å². The van der Waals surface area contributed by atoms with Crippen LogP contribution in [-0.2, 0) is 0 Å². The molecule has 29 heavy (non-hydrogen) atoms. The first kappa shape index (κ1) is 18.4. The van der Waals surface area contributed by atoms with Crippen LogP contribution in [0.25, 0.3) is 22.8 Å². The van der Waals surface area contributed by atoms with Crippen molar-refractivity contribution in [3.05, 3.63) is 84.2 Å². The number of aromatic nitrogens is 2. The molecule has 1 aromatic heterocycles. The molecule has 1 amide bonds. The van der Waals surface area contributed by atoms with Crippen LogP contribution in [0.4, 0.5) is 10.1 Å². The Hall–Kier alpha value is -4.00. The molecule has 1 heterocycles. The fourth-order valence-electron chi connectivity index (χ4n) is 2.82. The van der Waals surface area contributed by atoms with Gasteiger partial charge in [0.05, 0.1) is 18.2 Å². The number of anilines is 1. The predicted molar refractivity (Wildman–Crippen MR) is 106 cm³/mol. The number of hydrogen-bond acceptors (Lipinski definition) is 5. The van der Waals surface area contributed by atoms with E-state index in [9.17, 15) is 9.18 Å². The first-order chi connectivity index (χ1) is 14.2. The number of carbonyl (C=O) groups is 1. The van der Waals surface area contributed by atoms with Crippen LogP contribution in [0, 0.1) is 5.82 Å². The average Bonchev–Trinajstić information content (AvgIpc) is 3.24. The Labute approximate surface area is 166 Å². The molecule has 4 rings (SSSR count). The molecule has 6 nitrogen and oxygen atoms in total. The number of nitrogens with one attached hydrogen (secondary N) is 1. The topological polar surface area (TPSA) is 77.3 Å². The molecular formula is C22H16FN3O3. The summed E-state index contributed by atoms with van der Waals surface area (Å²) in [5.74, 6) is 0.293. The van der Waals surface area contributed by atoms with Crippen molar-refractivity contribution >= 4 is 11.6 Å². The fourth-order valence-corrected chi connectivity index (χ4v) is 2.82. The summed E-state index contributed by atoms with van der Waals surface area (Å²) in [7, 11) is 1.58. The second kappa shape index (κ2) is 7.93. The molecule has 0 radical (unpaired) electrons. The van der Waals surface area contributed by atoms with Gasteiger partial charge in [0.2, 0.25) is 5.82 Å². The molecule has 0 aliphatic rings. The van der Waals surface area contributed by atoms with Crippen molar-refractivity contribution in [2.45, 2.75) is 0 Å². The van der Waals surface area contributed by atoms with Crippen molar-refractivity contribution in [2.24, 2.45) is 0 Å². The zero-order valence-electron chi connectivity index (χ0n) is 15.4. The van der Waals surface area contributed by atoms with E-state index in [1.54, 1.807) is 37.4 Å². The van der Waals surface area contributed by atoms with Crippen LogP contribution in [0.2, 0.25) is 0 Å². The van der Waals surface area contributed by atoms with Crippen molar-refractivity contribution in [3.8, 4) is 28.6 Å². The number of para-hydroxylation sites is 1. The van der Waals surface area contributed by atoms with Gasteiger partial charge in [-0.25, -0.2) is 4.39 Å². The molecule has 0 saturated carbocycles. The molecule has 3 aromatic carbocycles. The molecule has 7 heteroatoms. The second-order valence-corrected chi connectivity index (χ2v) is 6.13. The molecule has 1 N–H and O–H groups in total. The van der Waals surface area contributed by atoms with Crippen LogP contribution in [-0.4, -0.2) is 23.2 Å². The van der Waals surface area contributed by atoms with E-state index in [0.29, 0.717) is 28.7 Å². The highest BCUT2D eigenvalue weighted by atomic mass is 19.1. The van der Waals surface area contributed by atoms with E-state index >= 15 is 0 Å². The van der Waals surface area contributed by atoms with Gasteiger partial charge in [0.15, 0.2) is 0 Å². The SMILES string of the molecule is COc1ccccc1-c1noc(-c2ccc(NC(=O)c3ccccc3F)cc2)n1. The molecule has 0 unspecified atom stereocenters. The quantitative estimate of drug-likeness (QED) is 0.530. The molecule has 4 aromatic rings. The van der Waals surface area contributed by atoms with E-state index < -0.39 is 11.7 Å². The van der Waals surface area contributed by atoms with Crippen LogP contribution >= 0.6 is 0 Å². The highest BCUT2D eigenvalue weighted by molar-refractivity contribution is 6.04. The minimum Gasteiger partial charge on any atom is -0.496 e. The molecule has 0 spiro atoms. The number of methoxy groups -OCH3 is 1. The molecule has 0 bridgehead atoms. The Morgan fingerprint density at radius 2 is 1.72 bits per heavy atom. The summed E-state index contributed by atoms with van der Waals surface area (Å²) in [6, 6.07) is 20.0. The summed E-state index contributed by atoms with van der Waals surface area (Å²) in [6.07, 6.45) is 0. The highest BCUT2D eigenvalue weighted by Crippen LogP contribution is 2.29. The average molecular weight is 389 g/mol. The lowest BCUT2D eigenvalue weighted by atomic mass is 10.1. The maximum atomic E-state index is 13.7. The lowest BCUT2D eigenvalue weighted by Gasteiger charge is -2.06. The van der Waals surface area contributed by atoms with E-state index in [1.807, 2.05) is 24.3 Å². The summed E-state index contributed by atoms with van der Waals surface area (Å²) >= 11 is 0. The number of halogens is 1. The van der Waals surface area contributed by atoms with Gasteiger partial charge < -0.3 is 14.6 Å². The van der Waals surface area contributed by atoms with E-state index in [1.165, 1.54) is 18.2 Å². The van der Waals surface area contributed by atoms with Gasteiger partial charge in [0.25, 0.3) is 11.8 Å². The third kappa shape index (κ3) is 3.84. The largest absolute Gasteiger partial charge is 0.496 e. The van der Waals surface area contributed by atoms with Gasteiger partial charge in [0, 0.05) is 11.3 Å². The number of benzene rings is 3. The summed E-state index contributed by atoms with van der Waals surface area (Å²) in [6.45, 7) is 0. The maximum Gasteiger partial charge on any atom is 0.258 e. The first-order valence-electron chi connectivity index (χ1n) is 8.79. The number of nitrogens with zero attached hydrogens (tertiary/aromatic N) is 2. The van der Waals surface area contributed by atoms with E-state index in [0.717, 1.165) is 5.56 Å².